The Labute approximate surface area is 184 Å². The SMILES string of the molecule is CCOc1ccccc1C(=O)Oc1ccc2c(c1)OC(N)=C(C#N)C2c1ccc(F)cc1. The highest BCUT2D eigenvalue weighted by molar-refractivity contribution is 5.94. The number of rotatable bonds is 5. The second-order valence-electron chi connectivity index (χ2n) is 6.99. The fourth-order valence-electron chi connectivity index (χ4n) is 3.58. The predicted octanol–water partition coefficient (Wildman–Crippen LogP) is 4.66. The molecule has 0 radical (unpaired) electrons. The number of allylic oxidation sites excluding steroid dienone is 1. The van der Waals surface area contributed by atoms with Crippen molar-refractivity contribution in [1.82, 2.24) is 0 Å². The van der Waals surface area contributed by atoms with Gasteiger partial charge < -0.3 is 19.9 Å². The van der Waals surface area contributed by atoms with Crippen LogP contribution in [0.2, 0.25) is 0 Å². The fraction of sp³-hybridized carbons (Fsp3) is 0.120. The van der Waals surface area contributed by atoms with Gasteiger partial charge in [0.2, 0.25) is 5.88 Å². The standard InChI is InChI=1S/C25H19FN2O4/c1-2-30-21-6-4-3-5-19(21)25(29)31-17-11-12-18-22(13-17)32-24(28)20(14-27)23(18)15-7-9-16(26)10-8-15/h3-13,23H,2,28H2,1H3. The molecule has 1 atom stereocenters. The zero-order valence-electron chi connectivity index (χ0n) is 17.2. The van der Waals surface area contributed by atoms with E-state index in [0.29, 0.717) is 34.8 Å². The van der Waals surface area contributed by atoms with Gasteiger partial charge in [0.15, 0.2) is 0 Å². The smallest absolute Gasteiger partial charge is 0.347 e. The normalized spacial score (nSPS) is 14.7. The molecule has 1 unspecified atom stereocenters. The molecule has 6 nitrogen and oxygen atoms in total. The molecule has 32 heavy (non-hydrogen) atoms. The topological polar surface area (TPSA) is 94.6 Å². The summed E-state index contributed by atoms with van der Waals surface area (Å²) in [6.07, 6.45) is 0. The van der Waals surface area contributed by atoms with E-state index in [0.717, 1.165) is 0 Å². The number of nitriles is 1. The van der Waals surface area contributed by atoms with E-state index in [1.807, 2.05) is 6.92 Å². The monoisotopic (exact) mass is 430 g/mol. The lowest BCUT2D eigenvalue weighted by Crippen LogP contribution is -2.21. The van der Waals surface area contributed by atoms with Crippen molar-refractivity contribution in [2.24, 2.45) is 5.73 Å². The molecule has 1 aliphatic rings. The summed E-state index contributed by atoms with van der Waals surface area (Å²) in [7, 11) is 0. The Morgan fingerprint density at radius 3 is 2.62 bits per heavy atom. The van der Waals surface area contributed by atoms with Crippen LogP contribution in [0.3, 0.4) is 0 Å². The molecule has 3 aromatic carbocycles. The van der Waals surface area contributed by atoms with Gasteiger partial charge >= 0.3 is 5.97 Å². The summed E-state index contributed by atoms with van der Waals surface area (Å²) in [5, 5.41) is 9.62. The summed E-state index contributed by atoms with van der Waals surface area (Å²) in [5.41, 5.74) is 7.85. The van der Waals surface area contributed by atoms with Gasteiger partial charge in [-0.25, -0.2) is 9.18 Å². The van der Waals surface area contributed by atoms with Gasteiger partial charge in [0.05, 0.1) is 12.5 Å². The predicted molar refractivity (Wildman–Crippen MR) is 115 cm³/mol. The molecule has 0 spiro atoms. The zero-order chi connectivity index (χ0) is 22.7. The molecule has 0 aliphatic carbocycles. The van der Waals surface area contributed by atoms with E-state index in [4.69, 9.17) is 19.9 Å². The Balaban J connectivity index is 1.67. The summed E-state index contributed by atoms with van der Waals surface area (Å²) < 4.78 is 30.1. The van der Waals surface area contributed by atoms with Crippen molar-refractivity contribution in [3.63, 3.8) is 0 Å². The van der Waals surface area contributed by atoms with Gasteiger partial charge in [0.1, 0.15) is 40.3 Å². The van der Waals surface area contributed by atoms with Crippen LogP contribution in [0.5, 0.6) is 17.2 Å². The van der Waals surface area contributed by atoms with E-state index in [1.165, 1.54) is 18.2 Å². The molecule has 0 fully saturated rings. The number of para-hydroxylation sites is 1. The number of halogens is 1. The highest BCUT2D eigenvalue weighted by atomic mass is 19.1. The lowest BCUT2D eigenvalue weighted by atomic mass is 9.83. The van der Waals surface area contributed by atoms with Gasteiger partial charge in [0, 0.05) is 11.6 Å². The van der Waals surface area contributed by atoms with E-state index in [-0.39, 0.29) is 23.0 Å². The first-order chi connectivity index (χ1) is 15.5. The van der Waals surface area contributed by atoms with Crippen molar-refractivity contribution < 1.29 is 23.4 Å². The van der Waals surface area contributed by atoms with Crippen LogP contribution in [-0.4, -0.2) is 12.6 Å². The molecular formula is C25H19FN2O4. The molecular weight excluding hydrogens is 411 g/mol. The minimum absolute atomic E-state index is 0.0560. The molecule has 2 N–H and O–H groups in total. The number of carbonyl (C=O) groups is 1. The molecule has 1 heterocycles. The average Bonchev–Trinajstić information content (AvgIpc) is 2.79. The molecule has 1 aliphatic heterocycles. The van der Waals surface area contributed by atoms with Gasteiger partial charge in [0.25, 0.3) is 0 Å². The molecule has 4 rings (SSSR count). The Morgan fingerprint density at radius 1 is 1.16 bits per heavy atom. The van der Waals surface area contributed by atoms with Gasteiger partial charge in [-0.15, -0.1) is 0 Å². The van der Waals surface area contributed by atoms with Gasteiger partial charge in [-0.2, -0.15) is 5.26 Å². The van der Waals surface area contributed by atoms with E-state index < -0.39 is 11.9 Å². The molecule has 3 aromatic rings. The van der Waals surface area contributed by atoms with Crippen LogP contribution in [0.4, 0.5) is 4.39 Å². The molecule has 0 bridgehead atoms. The first kappa shape index (κ1) is 20.9. The Morgan fingerprint density at radius 2 is 1.91 bits per heavy atom. The van der Waals surface area contributed by atoms with Crippen LogP contribution in [-0.2, 0) is 0 Å². The van der Waals surface area contributed by atoms with Crippen LogP contribution in [0.1, 0.15) is 34.3 Å². The van der Waals surface area contributed by atoms with E-state index in [2.05, 4.69) is 6.07 Å². The van der Waals surface area contributed by atoms with Crippen LogP contribution in [0.25, 0.3) is 0 Å². The van der Waals surface area contributed by atoms with Crippen LogP contribution in [0.15, 0.2) is 78.2 Å². The minimum atomic E-state index is -0.582. The number of ether oxygens (including phenoxy) is 3. The number of nitrogens with two attached hydrogens (primary N) is 1. The van der Waals surface area contributed by atoms with Crippen molar-refractivity contribution in [3.05, 3.63) is 101 Å². The third-order valence-corrected chi connectivity index (χ3v) is 5.01. The zero-order valence-corrected chi connectivity index (χ0v) is 17.2. The Kier molecular flexibility index (Phi) is 5.77. The first-order valence-electron chi connectivity index (χ1n) is 9.92. The third-order valence-electron chi connectivity index (χ3n) is 5.01. The van der Waals surface area contributed by atoms with Crippen LogP contribution < -0.4 is 19.9 Å². The highest BCUT2D eigenvalue weighted by Gasteiger charge is 2.31. The molecule has 7 heteroatoms. The van der Waals surface area contributed by atoms with Crippen LogP contribution in [0, 0.1) is 17.1 Å². The van der Waals surface area contributed by atoms with Crippen molar-refractivity contribution in [2.75, 3.05) is 6.61 Å². The largest absolute Gasteiger partial charge is 0.493 e. The summed E-state index contributed by atoms with van der Waals surface area (Å²) in [6.45, 7) is 2.24. The molecule has 0 saturated heterocycles. The lowest BCUT2D eigenvalue weighted by Gasteiger charge is -2.26. The number of hydrogen-bond acceptors (Lipinski definition) is 6. The summed E-state index contributed by atoms with van der Waals surface area (Å²) >= 11 is 0. The highest BCUT2D eigenvalue weighted by Crippen LogP contribution is 2.43. The second-order valence-corrected chi connectivity index (χ2v) is 6.99. The number of esters is 1. The maximum Gasteiger partial charge on any atom is 0.347 e. The van der Waals surface area contributed by atoms with Crippen molar-refractivity contribution >= 4 is 5.97 Å². The number of nitrogens with zero attached hydrogens (tertiary/aromatic N) is 1. The Hall–Kier alpha value is -4.31. The number of fused-ring (bicyclic) bond motifs is 1. The molecule has 160 valence electrons. The molecule has 0 aromatic heterocycles. The van der Waals surface area contributed by atoms with Crippen molar-refractivity contribution in [3.8, 4) is 23.3 Å². The van der Waals surface area contributed by atoms with Gasteiger partial charge in [-0.05, 0) is 42.8 Å². The summed E-state index contributed by atoms with van der Waals surface area (Å²) in [6, 6.07) is 19.6. The first-order valence-corrected chi connectivity index (χ1v) is 9.92. The molecule has 0 amide bonds. The third kappa shape index (κ3) is 3.98. The number of hydrogen-bond donors (Lipinski definition) is 1. The average molecular weight is 430 g/mol. The minimum Gasteiger partial charge on any atom is -0.493 e. The second kappa shape index (κ2) is 8.82. The van der Waals surface area contributed by atoms with E-state index >= 15 is 0 Å². The molecule has 0 saturated carbocycles. The van der Waals surface area contributed by atoms with E-state index in [9.17, 15) is 14.4 Å². The van der Waals surface area contributed by atoms with Crippen molar-refractivity contribution in [1.29, 1.82) is 5.26 Å². The fourth-order valence-corrected chi connectivity index (χ4v) is 3.58. The van der Waals surface area contributed by atoms with E-state index in [1.54, 1.807) is 48.5 Å². The maximum atomic E-state index is 13.4. The van der Waals surface area contributed by atoms with Gasteiger partial charge in [-0.1, -0.05) is 30.3 Å². The van der Waals surface area contributed by atoms with Gasteiger partial charge in [-0.3, -0.25) is 0 Å². The quantitative estimate of drug-likeness (QED) is 0.467. The number of carbonyl (C=O) groups excluding carboxylic acids is 1. The lowest BCUT2D eigenvalue weighted by molar-refractivity contribution is 0.0730. The van der Waals surface area contributed by atoms with Crippen molar-refractivity contribution in [2.45, 2.75) is 12.8 Å². The summed E-state index contributed by atoms with van der Waals surface area (Å²) in [5.74, 6) is -0.541. The maximum absolute atomic E-state index is 13.4. The Bertz CT molecular complexity index is 1250. The number of benzene rings is 3. The summed E-state index contributed by atoms with van der Waals surface area (Å²) in [4.78, 5) is 12.7. The van der Waals surface area contributed by atoms with Crippen LogP contribution >= 0.6 is 0 Å².